The van der Waals surface area contributed by atoms with Gasteiger partial charge >= 0.3 is 6.09 Å². The van der Waals surface area contributed by atoms with Gasteiger partial charge in [0, 0.05) is 35.2 Å². The first-order chi connectivity index (χ1) is 28.6. The van der Waals surface area contributed by atoms with Gasteiger partial charge < -0.3 is 25.0 Å². The number of hydrogen-bond donors (Lipinski definition) is 3. The maximum Gasteiger partial charge on any atom is 0.408 e. The standard InChI is InChI=1S/C43H57N7O8S2/c1-25(2)50-33-18-12-16-30(37-44-32(24-59-37)27-13-11-14-27)35(33)46-40(50)58-29-21-34-36(51)47-43(39(53)48-60(55,56)42(5)19-20-42)22-28(43)15-9-7-6-8-10-17-31(38(52)49(34)23-29)45-41(54)57-26(3)4/h9,12,15-16,18,24-29,31,34H,6-8,10-11,13-14,17,19-23H2,1-5H3,(H,45,54)(H,47,51)(H,48,53). The topological polar surface area (TPSA) is 191 Å². The Bertz CT molecular complexity index is 2290. The van der Waals surface area contributed by atoms with E-state index in [2.05, 4.69) is 20.7 Å². The highest BCUT2D eigenvalue weighted by Gasteiger charge is 2.63. The van der Waals surface area contributed by atoms with Gasteiger partial charge in [0.1, 0.15) is 34.3 Å². The van der Waals surface area contributed by atoms with Crippen molar-refractivity contribution in [3.05, 3.63) is 41.4 Å². The number of benzene rings is 1. The predicted octanol–water partition coefficient (Wildman–Crippen LogP) is 6.25. The van der Waals surface area contributed by atoms with Crippen molar-refractivity contribution in [2.24, 2.45) is 5.92 Å². The molecule has 3 N–H and O–H groups in total. The molecule has 1 aromatic carbocycles. The SMILES string of the molecule is CC(C)OC(=O)NC1CCCCCC=CC2CC2(C(=O)NS(=O)(=O)C2(C)CC2)NC(=O)C2CC(Oc3nc4c(-c5nc(C6CCC6)cs5)cccc4n3C(C)C)CN2C1=O. The van der Waals surface area contributed by atoms with E-state index in [-0.39, 0.29) is 25.4 Å². The van der Waals surface area contributed by atoms with Gasteiger partial charge in [0.2, 0.25) is 21.8 Å². The van der Waals surface area contributed by atoms with E-state index < -0.39 is 74.3 Å². The molecule has 2 aromatic heterocycles. The van der Waals surface area contributed by atoms with Crippen molar-refractivity contribution in [3.63, 3.8) is 0 Å². The van der Waals surface area contributed by atoms with E-state index in [9.17, 15) is 27.6 Å². The monoisotopic (exact) mass is 863 g/mol. The second-order valence-electron chi connectivity index (χ2n) is 18.1. The molecule has 1 saturated heterocycles. The van der Waals surface area contributed by atoms with Gasteiger partial charge in [-0.05, 0) is 98.1 Å². The van der Waals surface area contributed by atoms with E-state index in [0.29, 0.717) is 44.0 Å². The molecule has 0 bridgehead atoms. The lowest BCUT2D eigenvalue weighted by atomic mass is 9.83. The van der Waals surface area contributed by atoms with Gasteiger partial charge in [-0.3, -0.25) is 23.7 Å². The molecule has 324 valence electrons. The van der Waals surface area contributed by atoms with Crippen LogP contribution in [-0.4, -0.2) is 92.8 Å². The summed E-state index contributed by atoms with van der Waals surface area (Å²) in [7, 11) is -4.00. The Hall–Kier alpha value is -4.51. The van der Waals surface area contributed by atoms with Crippen LogP contribution in [0.5, 0.6) is 6.01 Å². The summed E-state index contributed by atoms with van der Waals surface area (Å²) in [6.45, 7) is 9.11. The highest BCUT2D eigenvalue weighted by Crippen LogP contribution is 2.48. The first kappa shape index (κ1) is 42.2. The maximum atomic E-state index is 14.7. The van der Waals surface area contributed by atoms with E-state index in [4.69, 9.17) is 19.4 Å². The molecule has 8 rings (SSSR count). The lowest BCUT2D eigenvalue weighted by molar-refractivity contribution is -0.141. The summed E-state index contributed by atoms with van der Waals surface area (Å²) in [6.07, 6.45) is 9.87. The van der Waals surface area contributed by atoms with Crippen molar-refractivity contribution in [3.8, 4) is 16.6 Å². The fourth-order valence-corrected chi connectivity index (χ4v) is 10.9. The minimum absolute atomic E-state index is 0.00498. The predicted molar refractivity (Wildman–Crippen MR) is 227 cm³/mol. The molecule has 3 aliphatic carbocycles. The van der Waals surface area contributed by atoms with Crippen LogP contribution >= 0.6 is 11.3 Å². The lowest BCUT2D eigenvalue weighted by Crippen LogP contribution is -2.58. The number of aromatic nitrogens is 3. The van der Waals surface area contributed by atoms with Gasteiger partial charge in [0.25, 0.3) is 11.9 Å². The Labute approximate surface area is 355 Å². The number of sulfonamides is 1. The summed E-state index contributed by atoms with van der Waals surface area (Å²) >= 11 is 1.60. The van der Waals surface area contributed by atoms with Crippen LogP contribution in [0.15, 0.2) is 35.7 Å². The molecular weight excluding hydrogens is 807 g/mol. The number of allylic oxidation sites excluding steroid dienone is 1. The number of thiazole rings is 1. The number of fused-ring (bicyclic) bond motifs is 3. The molecule has 3 saturated carbocycles. The quantitative estimate of drug-likeness (QED) is 0.196. The molecule has 0 radical (unpaired) electrons. The van der Waals surface area contributed by atoms with Crippen molar-refractivity contribution in [1.82, 2.24) is 34.8 Å². The Balaban J connectivity index is 1.11. The minimum atomic E-state index is -4.00. The number of hydrogen-bond acceptors (Lipinski definition) is 11. The van der Waals surface area contributed by atoms with Crippen LogP contribution in [0, 0.1) is 5.92 Å². The number of para-hydroxylation sites is 1. The van der Waals surface area contributed by atoms with Gasteiger partial charge in [0.15, 0.2) is 0 Å². The summed E-state index contributed by atoms with van der Waals surface area (Å²) in [5.74, 6) is -1.81. The molecule has 3 aromatic rings. The molecule has 4 amide bonds. The second kappa shape index (κ2) is 16.4. The van der Waals surface area contributed by atoms with Crippen molar-refractivity contribution < 1.29 is 37.1 Å². The van der Waals surface area contributed by atoms with Gasteiger partial charge in [-0.2, -0.15) is 4.98 Å². The molecule has 17 heteroatoms. The molecule has 0 spiro atoms. The molecule has 60 heavy (non-hydrogen) atoms. The first-order valence-electron chi connectivity index (χ1n) is 21.6. The van der Waals surface area contributed by atoms with E-state index in [1.165, 1.54) is 11.3 Å². The van der Waals surface area contributed by atoms with Crippen LogP contribution in [0.1, 0.15) is 129 Å². The number of carbonyl (C=O) groups excluding carboxylic acids is 4. The molecule has 15 nitrogen and oxygen atoms in total. The zero-order chi connectivity index (χ0) is 42.6. The Morgan fingerprint density at radius 2 is 1.82 bits per heavy atom. The van der Waals surface area contributed by atoms with E-state index in [0.717, 1.165) is 53.0 Å². The number of rotatable bonds is 10. The zero-order valence-corrected chi connectivity index (χ0v) is 36.7. The van der Waals surface area contributed by atoms with Crippen LogP contribution in [0.3, 0.4) is 0 Å². The average molecular weight is 864 g/mol. The molecule has 5 unspecified atom stereocenters. The molecule has 5 aliphatic rings. The minimum Gasteiger partial charge on any atom is -0.459 e. The normalized spacial score (nSPS) is 27.0. The van der Waals surface area contributed by atoms with Crippen molar-refractivity contribution >= 4 is 56.2 Å². The summed E-state index contributed by atoms with van der Waals surface area (Å²) in [6, 6.07) is 4.17. The number of imidazole rings is 1. The van der Waals surface area contributed by atoms with E-state index in [1.807, 2.05) is 48.8 Å². The van der Waals surface area contributed by atoms with E-state index in [1.54, 1.807) is 32.1 Å². The largest absolute Gasteiger partial charge is 0.459 e. The van der Waals surface area contributed by atoms with Crippen LogP contribution in [-0.2, 0) is 29.1 Å². The molecule has 4 heterocycles. The van der Waals surface area contributed by atoms with Gasteiger partial charge in [0.05, 0.1) is 28.6 Å². The van der Waals surface area contributed by atoms with Gasteiger partial charge in [-0.15, -0.1) is 11.3 Å². The lowest BCUT2D eigenvalue weighted by Gasteiger charge is -2.30. The number of amides is 4. The van der Waals surface area contributed by atoms with Crippen molar-refractivity contribution in [2.45, 2.75) is 158 Å². The van der Waals surface area contributed by atoms with Gasteiger partial charge in [-0.1, -0.05) is 37.5 Å². The van der Waals surface area contributed by atoms with Crippen LogP contribution in [0.25, 0.3) is 21.6 Å². The third kappa shape index (κ3) is 8.27. The summed E-state index contributed by atoms with van der Waals surface area (Å²) in [5, 5.41) is 8.72. The third-order valence-corrected chi connectivity index (χ3v) is 15.9. The van der Waals surface area contributed by atoms with Crippen molar-refractivity contribution in [2.75, 3.05) is 6.54 Å². The average Bonchev–Trinajstić information content (AvgIpc) is 3.85. The van der Waals surface area contributed by atoms with E-state index >= 15 is 0 Å². The van der Waals surface area contributed by atoms with Crippen LogP contribution in [0.4, 0.5) is 4.79 Å². The number of nitrogens with one attached hydrogen (secondary N) is 3. The fourth-order valence-electron chi connectivity index (χ4n) is 8.64. The first-order valence-corrected chi connectivity index (χ1v) is 23.9. The van der Waals surface area contributed by atoms with Gasteiger partial charge in [-0.25, -0.2) is 18.2 Å². The molecule has 5 atom stereocenters. The highest BCUT2D eigenvalue weighted by molar-refractivity contribution is 7.91. The van der Waals surface area contributed by atoms with Crippen LogP contribution < -0.4 is 20.1 Å². The zero-order valence-electron chi connectivity index (χ0n) is 35.1. The Morgan fingerprint density at radius 3 is 2.52 bits per heavy atom. The molecular formula is C43H57N7O8S2. The summed E-state index contributed by atoms with van der Waals surface area (Å²) in [4.78, 5) is 67.7. The molecule has 2 aliphatic heterocycles. The van der Waals surface area contributed by atoms with Crippen LogP contribution in [0.2, 0.25) is 0 Å². The maximum absolute atomic E-state index is 14.7. The number of nitrogens with zero attached hydrogens (tertiary/aromatic N) is 4. The number of alkyl carbamates (subject to hydrolysis) is 1. The fraction of sp³-hybridized carbons (Fsp3) is 0.628. The highest BCUT2D eigenvalue weighted by atomic mass is 32.2. The number of ether oxygens (including phenoxy) is 2. The second-order valence-corrected chi connectivity index (χ2v) is 21.1. The Morgan fingerprint density at radius 1 is 1.03 bits per heavy atom. The third-order valence-electron chi connectivity index (χ3n) is 12.9. The number of carbonyl (C=O) groups is 4. The smallest absolute Gasteiger partial charge is 0.408 e. The molecule has 4 fully saturated rings. The van der Waals surface area contributed by atoms with Crippen molar-refractivity contribution in [1.29, 1.82) is 0 Å². The Kier molecular flexibility index (Phi) is 11.5. The summed E-state index contributed by atoms with van der Waals surface area (Å²) < 4.78 is 41.8. The summed E-state index contributed by atoms with van der Waals surface area (Å²) in [5.41, 5.74) is 2.10.